The first-order chi connectivity index (χ1) is 7.42. The van der Waals surface area contributed by atoms with Gasteiger partial charge in [-0.15, -0.1) is 4.28 Å². The van der Waals surface area contributed by atoms with Crippen LogP contribution in [-0.2, 0) is 14.7 Å². The predicted octanol–water partition coefficient (Wildman–Crippen LogP) is -1.05. The van der Waals surface area contributed by atoms with Crippen LogP contribution in [0.5, 0.6) is 0 Å². The van der Waals surface area contributed by atoms with E-state index in [0.717, 1.165) is 0 Å². The molecule has 0 unspecified atom stereocenters. The first kappa shape index (κ1) is 11.6. The molecule has 2 aliphatic rings. The zero-order chi connectivity index (χ0) is 11.9. The van der Waals surface area contributed by atoms with E-state index in [-0.39, 0.29) is 12.1 Å². The Hall–Kier alpha value is -0.900. The van der Waals surface area contributed by atoms with Crippen molar-refractivity contribution in [2.45, 2.75) is 24.9 Å². The molecule has 2 aliphatic heterocycles. The molecule has 2 amide bonds. The van der Waals surface area contributed by atoms with Crippen molar-refractivity contribution in [1.29, 1.82) is 0 Å². The number of amides is 2. The third-order valence-electron chi connectivity index (χ3n) is 2.89. The molecule has 2 rings (SSSR count). The number of nitrogens with zero attached hydrogens (tertiary/aromatic N) is 2. The molecule has 2 saturated heterocycles. The summed E-state index contributed by atoms with van der Waals surface area (Å²) in [6.07, 6.45) is 1.32. The molecule has 92 valence electrons. The SMILES string of the molecule is NC[C@H]1CC[C@@H]2CN1C(=O)N2OS(=O)(=O)O. The van der Waals surface area contributed by atoms with Gasteiger partial charge >= 0.3 is 16.4 Å². The summed E-state index contributed by atoms with van der Waals surface area (Å²) >= 11 is 0. The van der Waals surface area contributed by atoms with Crippen molar-refractivity contribution in [2.75, 3.05) is 13.1 Å². The summed E-state index contributed by atoms with van der Waals surface area (Å²) in [5.41, 5.74) is 5.50. The maximum absolute atomic E-state index is 11.7. The van der Waals surface area contributed by atoms with Gasteiger partial charge in [-0.2, -0.15) is 13.5 Å². The van der Waals surface area contributed by atoms with Gasteiger partial charge in [0, 0.05) is 19.1 Å². The van der Waals surface area contributed by atoms with E-state index in [9.17, 15) is 13.2 Å². The lowest BCUT2D eigenvalue weighted by Crippen LogP contribution is -2.44. The molecule has 0 radical (unpaired) electrons. The van der Waals surface area contributed by atoms with Crippen LogP contribution in [0.15, 0.2) is 0 Å². The fourth-order valence-electron chi connectivity index (χ4n) is 2.16. The van der Waals surface area contributed by atoms with Crippen LogP contribution in [0.1, 0.15) is 12.8 Å². The van der Waals surface area contributed by atoms with Gasteiger partial charge in [-0.1, -0.05) is 0 Å². The highest BCUT2D eigenvalue weighted by Gasteiger charge is 2.46. The van der Waals surface area contributed by atoms with Gasteiger partial charge in [0.1, 0.15) is 0 Å². The normalized spacial score (nSPS) is 30.0. The van der Waals surface area contributed by atoms with Crippen LogP contribution in [-0.4, -0.2) is 54.1 Å². The average Bonchev–Trinajstić information content (AvgIpc) is 2.43. The zero-order valence-corrected chi connectivity index (χ0v) is 9.26. The molecule has 8 nitrogen and oxygen atoms in total. The van der Waals surface area contributed by atoms with Gasteiger partial charge in [0.25, 0.3) is 0 Å². The van der Waals surface area contributed by atoms with Gasteiger partial charge in [-0.25, -0.2) is 4.79 Å². The standard InChI is InChI=1S/C7H13N3O5S/c8-3-5-1-2-6-4-9(5)7(11)10(6)15-16(12,13)14/h5-6H,1-4,8H2,(H,12,13,14)/t5-,6-/m1/s1. The van der Waals surface area contributed by atoms with E-state index < -0.39 is 16.4 Å². The maximum atomic E-state index is 11.7. The summed E-state index contributed by atoms with van der Waals surface area (Å²) in [5, 5.41) is 0.713. The number of hydrogen-bond donors (Lipinski definition) is 2. The minimum absolute atomic E-state index is 0.0845. The maximum Gasteiger partial charge on any atom is 0.418 e. The van der Waals surface area contributed by atoms with Gasteiger partial charge in [0.2, 0.25) is 0 Å². The van der Waals surface area contributed by atoms with Gasteiger partial charge < -0.3 is 10.6 Å². The Morgan fingerprint density at radius 3 is 2.75 bits per heavy atom. The largest absolute Gasteiger partial charge is 0.418 e. The van der Waals surface area contributed by atoms with E-state index >= 15 is 0 Å². The second-order valence-electron chi connectivity index (χ2n) is 3.88. The summed E-state index contributed by atoms with van der Waals surface area (Å²) < 4.78 is 33.9. The van der Waals surface area contributed by atoms with Crippen molar-refractivity contribution in [3.05, 3.63) is 0 Å². The van der Waals surface area contributed by atoms with Crippen LogP contribution in [0.4, 0.5) is 4.79 Å². The number of fused-ring (bicyclic) bond motifs is 2. The Bertz CT molecular complexity index is 397. The summed E-state index contributed by atoms with van der Waals surface area (Å²) in [6.45, 7) is 0.717. The van der Waals surface area contributed by atoms with E-state index in [0.29, 0.717) is 31.0 Å². The molecule has 0 saturated carbocycles. The van der Waals surface area contributed by atoms with Crippen molar-refractivity contribution in [1.82, 2.24) is 9.96 Å². The third kappa shape index (κ3) is 1.98. The van der Waals surface area contributed by atoms with Crippen LogP contribution in [0.3, 0.4) is 0 Å². The fraction of sp³-hybridized carbons (Fsp3) is 0.857. The summed E-state index contributed by atoms with van der Waals surface area (Å²) in [7, 11) is -4.66. The van der Waals surface area contributed by atoms with Gasteiger partial charge in [0.05, 0.1) is 6.04 Å². The average molecular weight is 251 g/mol. The van der Waals surface area contributed by atoms with E-state index in [2.05, 4.69) is 4.28 Å². The number of hydrogen-bond acceptors (Lipinski definition) is 5. The van der Waals surface area contributed by atoms with Crippen LogP contribution in [0.2, 0.25) is 0 Å². The second kappa shape index (κ2) is 3.84. The molecule has 16 heavy (non-hydrogen) atoms. The minimum atomic E-state index is -4.66. The van der Waals surface area contributed by atoms with Crippen molar-refractivity contribution < 1.29 is 22.0 Å². The number of rotatable bonds is 3. The first-order valence-electron chi connectivity index (χ1n) is 4.89. The molecule has 0 aliphatic carbocycles. The molecule has 3 N–H and O–H groups in total. The Kier molecular flexibility index (Phi) is 2.78. The van der Waals surface area contributed by atoms with Gasteiger partial charge in [-0.05, 0) is 12.8 Å². The first-order valence-corrected chi connectivity index (χ1v) is 6.26. The predicted molar refractivity (Wildman–Crippen MR) is 52.4 cm³/mol. The smallest absolute Gasteiger partial charge is 0.328 e. The van der Waals surface area contributed by atoms with Crippen LogP contribution < -0.4 is 5.73 Å². The topological polar surface area (TPSA) is 113 Å². The lowest BCUT2D eigenvalue weighted by molar-refractivity contribution is -0.0317. The molecular formula is C7H13N3O5S. The number of carbonyl (C=O) groups is 1. The number of hydroxylamine groups is 2. The Labute approximate surface area is 92.8 Å². The van der Waals surface area contributed by atoms with Crippen molar-refractivity contribution in [3.63, 3.8) is 0 Å². The molecule has 0 aromatic heterocycles. The lowest BCUT2D eigenvalue weighted by Gasteiger charge is -2.28. The molecular weight excluding hydrogens is 238 g/mol. The zero-order valence-electron chi connectivity index (χ0n) is 8.44. The van der Waals surface area contributed by atoms with E-state index in [1.54, 1.807) is 0 Å². The third-order valence-corrected chi connectivity index (χ3v) is 3.24. The molecule has 0 aromatic rings. The Balaban J connectivity index is 2.16. The summed E-state index contributed by atoms with van der Waals surface area (Å²) in [4.78, 5) is 13.2. The summed E-state index contributed by atoms with van der Waals surface area (Å²) in [5.74, 6) is 0. The molecule has 0 aromatic carbocycles. The van der Waals surface area contributed by atoms with Crippen LogP contribution in [0.25, 0.3) is 0 Å². The number of carbonyl (C=O) groups excluding carboxylic acids is 1. The second-order valence-corrected chi connectivity index (χ2v) is 4.89. The number of piperidine rings is 1. The van der Waals surface area contributed by atoms with E-state index in [1.165, 1.54) is 4.90 Å². The minimum Gasteiger partial charge on any atom is -0.328 e. The number of nitrogens with two attached hydrogens (primary N) is 1. The molecule has 2 fully saturated rings. The molecule has 2 heterocycles. The summed E-state index contributed by atoms with van der Waals surface area (Å²) in [6, 6.07) is -0.980. The van der Waals surface area contributed by atoms with E-state index in [4.69, 9.17) is 10.3 Å². The van der Waals surface area contributed by atoms with Crippen LogP contribution >= 0.6 is 0 Å². The van der Waals surface area contributed by atoms with Crippen molar-refractivity contribution in [3.8, 4) is 0 Å². The highest BCUT2D eigenvalue weighted by Crippen LogP contribution is 2.29. The van der Waals surface area contributed by atoms with Crippen molar-refractivity contribution >= 4 is 16.4 Å². The Morgan fingerprint density at radius 1 is 1.50 bits per heavy atom. The molecule has 2 atom stereocenters. The fourth-order valence-corrected chi connectivity index (χ4v) is 2.54. The van der Waals surface area contributed by atoms with E-state index in [1.807, 2.05) is 0 Å². The van der Waals surface area contributed by atoms with Crippen molar-refractivity contribution in [2.24, 2.45) is 5.73 Å². The quantitative estimate of drug-likeness (QED) is 0.619. The molecule has 0 spiro atoms. The Morgan fingerprint density at radius 2 is 2.19 bits per heavy atom. The molecule has 9 heteroatoms. The monoisotopic (exact) mass is 251 g/mol. The molecule has 2 bridgehead atoms. The highest BCUT2D eigenvalue weighted by atomic mass is 32.3. The highest BCUT2D eigenvalue weighted by molar-refractivity contribution is 7.80. The number of urea groups is 1. The van der Waals surface area contributed by atoms with Gasteiger partial charge in [0.15, 0.2) is 0 Å². The van der Waals surface area contributed by atoms with Gasteiger partial charge in [-0.3, -0.25) is 4.55 Å². The van der Waals surface area contributed by atoms with Crippen LogP contribution in [0, 0.1) is 0 Å². The lowest BCUT2D eigenvalue weighted by atomic mass is 10.0.